The van der Waals surface area contributed by atoms with Crippen LogP contribution in [-0.4, -0.2) is 14.5 Å². The van der Waals surface area contributed by atoms with Crippen LogP contribution in [0.1, 0.15) is 0 Å². The van der Waals surface area contributed by atoms with Gasteiger partial charge in [0.05, 0.1) is 0 Å². The molecule has 0 aliphatic heterocycles. The van der Waals surface area contributed by atoms with Crippen molar-refractivity contribution in [2.24, 2.45) is 0 Å². The minimum absolute atomic E-state index is 0. The van der Waals surface area contributed by atoms with E-state index in [9.17, 15) is 0 Å². The summed E-state index contributed by atoms with van der Waals surface area (Å²) in [6, 6.07) is 0. The van der Waals surface area contributed by atoms with E-state index >= 15 is 0 Å². The van der Waals surface area contributed by atoms with Gasteiger partial charge in [0, 0.05) is 0 Å². The van der Waals surface area contributed by atoms with Gasteiger partial charge in [0.15, 0.2) is 0 Å². The first-order valence-electron chi connectivity index (χ1n) is 0.218. The summed E-state index contributed by atoms with van der Waals surface area (Å²) in [5, 5.41) is 0. The molecule has 0 bridgehead atoms. The maximum absolute atomic E-state index is 2.85. The van der Waals surface area contributed by atoms with Crippen molar-refractivity contribution in [3.8, 4) is 0 Å². The second-order valence-corrected chi connectivity index (χ2v) is 0. The molecule has 0 aliphatic rings. The molecule has 4 heavy (non-hydrogen) atoms. The van der Waals surface area contributed by atoms with E-state index in [4.69, 9.17) is 0 Å². The molecule has 4 heteroatoms. The molecule has 0 atom stereocenters. The summed E-state index contributed by atoms with van der Waals surface area (Å²) >= 11 is 5.08. The molecule has 0 N–H and O–H groups in total. The van der Waals surface area contributed by atoms with Gasteiger partial charge < -0.3 is 24.8 Å². The SMILES string of the molecule is [Al+2][Br].[Cl-].[Cl-]. The van der Waals surface area contributed by atoms with Crippen LogP contribution in [-0.2, 0) is 0 Å². The van der Waals surface area contributed by atoms with Crippen molar-refractivity contribution in [2.45, 2.75) is 0 Å². The third-order valence-electron chi connectivity index (χ3n) is 0. The van der Waals surface area contributed by atoms with Gasteiger partial charge in [-0.1, -0.05) is 0 Å². The topological polar surface area (TPSA) is 0 Å². The molecule has 0 amide bonds. The summed E-state index contributed by atoms with van der Waals surface area (Å²) in [7, 11) is 0. The molecule has 0 nitrogen and oxygen atoms in total. The van der Waals surface area contributed by atoms with Crippen LogP contribution in [0.25, 0.3) is 0 Å². The largest absolute Gasteiger partial charge is 1.00 e. The van der Waals surface area contributed by atoms with Crippen LogP contribution < -0.4 is 24.8 Å². The fourth-order valence-corrected chi connectivity index (χ4v) is 0. The van der Waals surface area contributed by atoms with Crippen molar-refractivity contribution in [2.75, 3.05) is 0 Å². The number of hydrogen-bond acceptors (Lipinski definition) is 0. The van der Waals surface area contributed by atoms with Gasteiger partial charge >= 0.3 is 28.5 Å². The predicted octanol–water partition coefficient (Wildman–Crippen LogP) is -5.53. The fraction of sp³-hybridized carbons (Fsp3) is 0. The van der Waals surface area contributed by atoms with Gasteiger partial charge in [-0.2, -0.15) is 0 Å². The Hall–Kier alpha value is 1.59. The van der Waals surface area contributed by atoms with Crippen molar-refractivity contribution < 1.29 is 24.8 Å². The Kier molecular flexibility index (Phi) is 103. The molecule has 0 spiro atoms. The zero-order valence-electron chi connectivity index (χ0n) is 1.71. The molecule has 0 saturated carbocycles. The molecular formula is AlBrCl2. The van der Waals surface area contributed by atoms with E-state index in [1.165, 1.54) is 0 Å². The van der Waals surface area contributed by atoms with Crippen LogP contribution in [0.5, 0.6) is 0 Å². The van der Waals surface area contributed by atoms with Gasteiger partial charge in [-0.05, 0) is 0 Å². The summed E-state index contributed by atoms with van der Waals surface area (Å²) in [6.45, 7) is 0. The number of halogens is 3. The van der Waals surface area contributed by atoms with E-state index in [0.717, 1.165) is 0 Å². The Morgan fingerprint density at radius 2 is 1.00 bits per heavy atom. The molecule has 0 aromatic rings. The van der Waals surface area contributed by atoms with Crippen LogP contribution in [0.15, 0.2) is 0 Å². The Morgan fingerprint density at radius 1 is 1.00 bits per heavy atom. The third kappa shape index (κ3) is 9.52. The molecule has 0 fully saturated rings. The number of hydrogen-bond donors (Lipinski definition) is 0. The van der Waals surface area contributed by atoms with Crippen LogP contribution in [0.4, 0.5) is 0 Å². The summed E-state index contributed by atoms with van der Waals surface area (Å²) in [5.74, 6) is 0. The van der Waals surface area contributed by atoms with Gasteiger partial charge in [-0.15, -0.1) is 0 Å². The smallest absolute Gasteiger partial charge is 1.00 e. The molecule has 24 valence electrons. The van der Waals surface area contributed by atoms with Crippen LogP contribution in [0, 0.1) is 0 Å². The van der Waals surface area contributed by atoms with E-state index < -0.39 is 0 Å². The molecule has 0 unspecified atom stereocenters. The molecular weight excluding hydrogens is 178 g/mol. The van der Waals surface area contributed by atoms with Crippen LogP contribution >= 0.6 is 14.1 Å². The second kappa shape index (κ2) is 23.4. The minimum atomic E-state index is 0. The average Bonchev–Trinajstić information content (AvgIpc) is 1.00. The van der Waals surface area contributed by atoms with E-state index in [2.05, 4.69) is 28.5 Å². The summed E-state index contributed by atoms with van der Waals surface area (Å²) in [5.41, 5.74) is 0. The van der Waals surface area contributed by atoms with Crippen molar-refractivity contribution in [1.29, 1.82) is 0 Å². The maximum atomic E-state index is 2.85. The van der Waals surface area contributed by atoms with Crippen molar-refractivity contribution in [1.82, 2.24) is 0 Å². The Bertz CT molecular complexity index is 6.00. The summed E-state index contributed by atoms with van der Waals surface area (Å²) in [4.78, 5) is 0. The van der Waals surface area contributed by atoms with Gasteiger partial charge in [-0.3, -0.25) is 0 Å². The summed E-state index contributed by atoms with van der Waals surface area (Å²) in [6.07, 6.45) is 0. The first-order valence-corrected chi connectivity index (χ1v) is 3.40. The van der Waals surface area contributed by atoms with Crippen molar-refractivity contribution in [3.05, 3.63) is 0 Å². The monoisotopic (exact) mass is 176 g/mol. The van der Waals surface area contributed by atoms with Gasteiger partial charge in [0.2, 0.25) is 0 Å². The third-order valence-corrected chi connectivity index (χ3v) is 0. The van der Waals surface area contributed by atoms with Crippen LogP contribution in [0.3, 0.4) is 0 Å². The molecule has 0 aliphatic carbocycles. The molecule has 0 radical (unpaired) electrons. The molecule has 0 aromatic heterocycles. The summed E-state index contributed by atoms with van der Waals surface area (Å²) < 4.78 is 0. The fourth-order valence-electron chi connectivity index (χ4n) is 0. The standard InChI is InChI=1S/Al.BrH.2ClH/h;3*1H/q+3;;;/p-3. The van der Waals surface area contributed by atoms with Gasteiger partial charge in [0.1, 0.15) is 0 Å². The van der Waals surface area contributed by atoms with E-state index in [-0.39, 0.29) is 24.8 Å². The van der Waals surface area contributed by atoms with Crippen LogP contribution in [0.2, 0.25) is 0 Å². The van der Waals surface area contributed by atoms with E-state index in [1.807, 2.05) is 0 Å². The van der Waals surface area contributed by atoms with Gasteiger partial charge in [-0.25, -0.2) is 0 Å². The quantitative estimate of drug-likeness (QED) is 0.324. The first kappa shape index (κ1) is 17.5. The second-order valence-electron chi connectivity index (χ2n) is 0. The zero-order valence-corrected chi connectivity index (χ0v) is 5.96. The average molecular weight is 178 g/mol. The van der Waals surface area contributed by atoms with Crippen molar-refractivity contribution >= 4 is 28.5 Å². The molecule has 0 aromatic carbocycles. The minimum Gasteiger partial charge on any atom is -1.00 e. The first-order chi connectivity index (χ1) is 1.00. The molecule has 0 heterocycles. The Balaban J connectivity index is -0.00000000500. The molecule has 0 saturated heterocycles. The predicted molar refractivity (Wildman–Crippen MR) is 14.7 cm³/mol. The zero-order chi connectivity index (χ0) is 2.00. The normalized spacial score (nSPS) is 1.75. The molecule has 0 rings (SSSR count). The Labute approximate surface area is 53.2 Å². The Morgan fingerprint density at radius 3 is 1.00 bits per heavy atom. The van der Waals surface area contributed by atoms with E-state index in [0.29, 0.717) is 0 Å². The van der Waals surface area contributed by atoms with E-state index in [1.54, 1.807) is 0 Å². The van der Waals surface area contributed by atoms with Gasteiger partial charge in [0.25, 0.3) is 0 Å². The number of rotatable bonds is 0. The van der Waals surface area contributed by atoms with Crippen molar-refractivity contribution in [3.63, 3.8) is 0 Å². The maximum Gasteiger partial charge on any atom is -1.00 e.